The number of fused-ring (bicyclic) bond motifs is 1. The van der Waals surface area contributed by atoms with Gasteiger partial charge in [-0.05, 0) is 19.1 Å². The molecule has 2 aromatic rings. The third-order valence-corrected chi connectivity index (χ3v) is 3.33. The van der Waals surface area contributed by atoms with Gasteiger partial charge in [0, 0.05) is 25.6 Å². The summed E-state index contributed by atoms with van der Waals surface area (Å²) in [6.45, 7) is 3.61. The van der Waals surface area contributed by atoms with Crippen molar-refractivity contribution in [1.82, 2.24) is 9.88 Å². The summed E-state index contributed by atoms with van der Waals surface area (Å²) in [7, 11) is 1.62. The molecule has 0 unspecified atom stereocenters. The molecule has 0 atom stereocenters. The van der Waals surface area contributed by atoms with E-state index in [4.69, 9.17) is 10.6 Å². The van der Waals surface area contributed by atoms with E-state index in [0.717, 1.165) is 10.9 Å². The Morgan fingerprint density at radius 2 is 2.19 bits per heavy atom. The Morgan fingerprint density at radius 3 is 2.86 bits per heavy atom. The molecule has 6 heteroatoms. The Hall–Kier alpha value is -2.18. The molecule has 1 heterocycles. The van der Waals surface area contributed by atoms with Crippen LogP contribution in [0.3, 0.4) is 0 Å². The highest BCUT2D eigenvalue weighted by molar-refractivity contribution is 6.06. The number of rotatable bonds is 6. The van der Waals surface area contributed by atoms with E-state index in [0.29, 0.717) is 31.1 Å². The second-order valence-corrected chi connectivity index (χ2v) is 4.59. The number of anilines is 1. The van der Waals surface area contributed by atoms with Gasteiger partial charge in [0.05, 0.1) is 17.7 Å². The number of methoxy groups -OCH3 is 1. The molecule has 3 N–H and O–H groups in total. The highest BCUT2D eigenvalue weighted by Crippen LogP contribution is 2.21. The maximum absolute atomic E-state index is 12.7. The SMILES string of the molecule is CCN(CCOC)C(=O)c1cc(NN)nc2ccccc12. The molecule has 1 aromatic carbocycles. The maximum atomic E-state index is 12.7. The van der Waals surface area contributed by atoms with Gasteiger partial charge in [0.2, 0.25) is 0 Å². The zero-order valence-corrected chi connectivity index (χ0v) is 12.3. The van der Waals surface area contributed by atoms with E-state index in [1.165, 1.54) is 0 Å². The number of nitrogens with two attached hydrogens (primary N) is 1. The van der Waals surface area contributed by atoms with Crippen molar-refractivity contribution in [3.8, 4) is 0 Å². The summed E-state index contributed by atoms with van der Waals surface area (Å²) in [6.07, 6.45) is 0. The number of hydrogen-bond acceptors (Lipinski definition) is 5. The van der Waals surface area contributed by atoms with Crippen LogP contribution < -0.4 is 11.3 Å². The molecule has 0 radical (unpaired) electrons. The fourth-order valence-corrected chi connectivity index (χ4v) is 2.20. The smallest absolute Gasteiger partial charge is 0.254 e. The monoisotopic (exact) mass is 288 g/mol. The summed E-state index contributed by atoms with van der Waals surface area (Å²) in [5, 5.41) is 0.817. The van der Waals surface area contributed by atoms with Crippen LogP contribution in [0.4, 0.5) is 5.82 Å². The number of amides is 1. The minimum atomic E-state index is -0.0513. The molecular weight excluding hydrogens is 268 g/mol. The first-order valence-electron chi connectivity index (χ1n) is 6.85. The lowest BCUT2D eigenvalue weighted by atomic mass is 10.1. The largest absolute Gasteiger partial charge is 0.383 e. The van der Waals surface area contributed by atoms with Crippen molar-refractivity contribution in [1.29, 1.82) is 0 Å². The van der Waals surface area contributed by atoms with Gasteiger partial charge in [0.15, 0.2) is 0 Å². The average molecular weight is 288 g/mol. The van der Waals surface area contributed by atoms with Gasteiger partial charge in [-0.15, -0.1) is 0 Å². The summed E-state index contributed by atoms with van der Waals surface area (Å²) in [4.78, 5) is 18.8. The number of hydrogen-bond donors (Lipinski definition) is 2. The number of pyridine rings is 1. The number of benzene rings is 1. The van der Waals surface area contributed by atoms with Gasteiger partial charge in [-0.25, -0.2) is 10.8 Å². The second-order valence-electron chi connectivity index (χ2n) is 4.59. The van der Waals surface area contributed by atoms with Gasteiger partial charge >= 0.3 is 0 Å². The molecule has 0 saturated carbocycles. The van der Waals surface area contributed by atoms with E-state index in [9.17, 15) is 4.79 Å². The lowest BCUT2D eigenvalue weighted by Crippen LogP contribution is -2.34. The fraction of sp³-hybridized carbons (Fsp3) is 0.333. The number of nitrogens with one attached hydrogen (secondary N) is 1. The summed E-state index contributed by atoms with van der Waals surface area (Å²) in [5.41, 5.74) is 3.83. The minimum Gasteiger partial charge on any atom is -0.383 e. The van der Waals surface area contributed by atoms with E-state index < -0.39 is 0 Å². The number of nitrogen functional groups attached to an aromatic ring is 1. The van der Waals surface area contributed by atoms with Crippen molar-refractivity contribution >= 4 is 22.6 Å². The van der Waals surface area contributed by atoms with Crippen LogP contribution in [0, 0.1) is 0 Å². The third kappa shape index (κ3) is 3.29. The number of hydrazine groups is 1. The summed E-state index contributed by atoms with van der Waals surface area (Å²) < 4.78 is 5.05. The van der Waals surface area contributed by atoms with Crippen molar-refractivity contribution in [2.75, 3.05) is 32.2 Å². The molecule has 21 heavy (non-hydrogen) atoms. The van der Waals surface area contributed by atoms with Gasteiger partial charge in [0.25, 0.3) is 5.91 Å². The number of nitrogens with zero attached hydrogens (tertiary/aromatic N) is 2. The highest BCUT2D eigenvalue weighted by Gasteiger charge is 2.18. The van der Waals surface area contributed by atoms with Crippen LogP contribution in [0.25, 0.3) is 10.9 Å². The second kappa shape index (κ2) is 7.01. The summed E-state index contributed by atoms with van der Waals surface area (Å²) in [6, 6.07) is 9.20. The molecule has 1 aromatic heterocycles. The van der Waals surface area contributed by atoms with Crippen molar-refractivity contribution in [2.24, 2.45) is 5.84 Å². The predicted octanol–water partition coefficient (Wildman–Crippen LogP) is 1.63. The van der Waals surface area contributed by atoms with E-state index in [1.54, 1.807) is 18.1 Å². The molecule has 0 aliphatic carbocycles. The lowest BCUT2D eigenvalue weighted by Gasteiger charge is -2.21. The molecule has 0 saturated heterocycles. The zero-order valence-electron chi connectivity index (χ0n) is 12.3. The van der Waals surface area contributed by atoms with Crippen LogP contribution in [0.5, 0.6) is 0 Å². The Kier molecular flexibility index (Phi) is 5.08. The highest BCUT2D eigenvalue weighted by atomic mass is 16.5. The first-order chi connectivity index (χ1) is 10.2. The Labute approximate surface area is 123 Å². The number of para-hydroxylation sites is 1. The van der Waals surface area contributed by atoms with Gasteiger partial charge in [0.1, 0.15) is 5.82 Å². The van der Waals surface area contributed by atoms with E-state index in [2.05, 4.69) is 10.4 Å². The molecule has 0 aliphatic heterocycles. The topological polar surface area (TPSA) is 80.5 Å². The molecule has 2 rings (SSSR count). The predicted molar refractivity (Wildman–Crippen MR) is 83.0 cm³/mol. The molecule has 0 aliphatic rings. The molecule has 0 fully saturated rings. The van der Waals surface area contributed by atoms with E-state index in [1.807, 2.05) is 31.2 Å². The molecular formula is C15H20N4O2. The van der Waals surface area contributed by atoms with Crippen molar-refractivity contribution in [3.05, 3.63) is 35.9 Å². The zero-order chi connectivity index (χ0) is 15.2. The Bertz CT molecular complexity index is 630. The van der Waals surface area contributed by atoms with Crippen molar-refractivity contribution < 1.29 is 9.53 Å². The molecule has 6 nitrogen and oxygen atoms in total. The summed E-state index contributed by atoms with van der Waals surface area (Å²) in [5.74, 6) is 5.86. The van der Waals surface area contributed by atoms with Crippen molar-refractivity contribution in [2.45, 2.75) is 6.92 Å². The maximum Gasteiger partial charge on any atom is 0.254 e. The number of carbonyl (C=O) groups excluding carboxylic acids is 1. The van der Waals surface area contributed by atoms with E-state index in [-0.39, 0.29) is 5.91 Å². The summed E-state index contributed by atoms with van der Waals surface area (Å²) >= 11 is 0. The average Bonchev–Trinajstić information content (AvgIpc) is 2.54. The number of aromatic nitrogens is 1. The van der Waals surface area contributed by atoms with Crippen LogP contribution in [-0.4, -0.2) is 42.6 Å². The van der Waals surface area contributed by atoms with Gasteiger partial charge in [-0.1, -0.05) is 18.2 Å². The number of ether oxygens (including phenoxy) is 1. The standard InChI is InChI=1S/C15H20N4O2/c1-3-19(8-9-21-2)15(20)12-10-14(18-16)17-13-7-5-4-6-11(12)13/h4-7,10H,3,8-9,16H2,1-2H3,(H,17,18). The Balaban J connectivity index is 2.45. The van der Waals surface area contributed by atoms with Crippen LogP contribution >= 0.6 is 0 Å². The van der Waals surface area contributed by atoms with Crippen LogP contribution in [-0.2, 0) is 4.74 Å². The lowest BCUT2D eigenvalue weighted by molar-refractivity contribution is 0.0708. The van der Waals surface area contributed by atoms with Crippen LogP contribution in [0.15, 0.2) is 30.3 Å². The molecule has 0 spiro atoms. The number of likely N-dealkylation sites (N-methyl/N-ethyl adjacent to an activating group) is 1. The van der Waals surface area contributed by atoms with Gasteiger partial charge < -0.3 is 15.1 Å². The Morgan fingerprint density at radius 1 is 1.43 bits per heavy atom. The first-order valence-corrected chi connectivity index (χ1v) is 6.85. The van der Waals surface area contributed by atoms with Gasteiger partial charge in [-0.3, -0.25) is 4.79 Å². The molecule has 1 amide bonds. The minimum absolute atomic E-state index is 0.0513. The van der Waals surface area contributed by atoms with E-state index >= 15 is 0 Å². The van der Waals surface area contributed by atoms with Crippen LogP contribution in [0.1, 0.15) is 17.3 Å². The van der Waals surface area contributed by atoms with Crippen molar-refractivity contribution in [3.63, 3.8) is 0 Å². The third-order valence-electron chi connectivity index (χ3n) is 3.33. The fourth-order valence-electron chi connectivity index (χ4n) is 2.20. The normalized spacial score (nSPS) is 10.6. The van der Waals surface area contributed by atoms with Crippen LogP contribution in [0.2, 0.25) is 0 Å². The number of carbonyl (C=O) groups is 1. The quantitative estimate of drug-likeness (QED) is 0.624. The van der Waals surface area contributed by atoms with Gasteiger partial charge in [-0.2, -0.15) is 0 Å². The molecule has 0 bridgehead atoms. The molecule has 112 valence electrons. The first kappa shape index (κ1) is 15.2.